The first-order valence-corrected chi connectivity index (χ1v) is 8.13. The average molecular weight is 340 g/mol. The highest BCUT2D eigenvalue weighted by Crippen LogP contribution is 2.32. The van der Waals surface area contributed by atoms with Crippen molar-refractivity contribution in [3.05, 3.63) is 53.9 Å². The van der Waals surface area contributed by atoms with Crippen LogP contribution >= 0.6 is 0 Å². The highest BCUT2D eigenvalue weighted by atomic mass is 19.1. The molecule has 0 aliphatic carbocycles. The summed E-state index contributed by atoms with van der Waals surface area (Å²) in [6, 6.07) is 7.52. The van der Waals surface area contributed by atoms with Gasteiger partial charge < -0.3 is 10.6 Å². The Balaban J connectivity index is 1.65. The van der Waals surface area contributed by atoms with Gasteiger partial charge in [0.05, 0.1) is 34.7 Å². The molecule has 128 valence electrons. The Morgan fingerprint density at radius 1 is 1.12 bits per heavy atom. The van der Waals surface area contributed by atoms with E-state index in [0.29, 0.717) is 23.4 Å². The van der Waals surface area contributed by atoms with E-state index < -0.39 is 24.0 Å². The largest absolute Gasteiger partial charge is 0.396 e. The van der Waals surface area contributed by atoms with Crippen molar-refractivity contribution in [1.82, 2.24) is 9.88 Å². The molecule has 1 fully saturated rings. The van der Waals surface area contributed by atoms with E-state index in [4.69, 9.17) is 5.73 Å². The SMILES string of the molecule is Nc1cnccc1N1CCC(F)C(N2C(=O)c3ccccc3C2=O)C1. The molecule has 0 spiro atoms. The summed E-state index contributed by atoms with van der Waals surface area (Å²) in [5.74, 6) is -0.865. The summed E-state index contributed by atoms with van der Waals surface area (Å²) < 4.78 is 14.6. The molecular formula is C18H17FN4O2. The highest BCUT2D eigenvalue weighted by Gasteiger charge is 2.45. The van der Waals surface area contributed by atoms with Crippen LogP contribution in [0.2, 0.25) is 0 Å². The number of rotatable bonds is 2. The first-order chi connectivity index (χ1) is 12.1. The van der Waals surface area contributed by atoms with Gasteiger partial charge in [0.25, 0.3) is 11.8 Å². The zero-order valence-corrected chi connectivity index (χ0v) is 13.4. The molecule has 6 nitrogen and oxygen atoms in total. The van der Waals surface area contributed by atoms with Crippen molar-refractivity contribution >= 4 is 23.2 Å². The number of aromatic nitrogens is 1. The van der Waals surface area contributed by atoms with Crippen LogP contribution in [0.25, 0.3) is 0 Å². The molecule has 2 unspecified atom stereocenters. The predicted molar refractivity (Wildman–Crippen MR) is 91.1 cm³/mol. The monoisotopic (exact) mass is 340 g/mol. The van der Waals surface area contributed by atoms with Crippen LogP contribution in [0.1, 0.15) is 27.1 Å². The Morgan fingerprint density at radius 2 is 1.80 bits per heavy atom. The van der Waals surface area contributed by atoms with Crippen LogP contribution in [0.5, 0.6) is 0 Å². The summed E-state index contributed by atoms with van der Waals surface area (Å²) in [5, 5.41) is 0. The van der Waals surface area contributed by atoms with Gasteiger partial charge in [0.1, 0.15) is 6.17 Å². The molecular weight excluding hydrogens is 323 g/mol. The minimum absolute atomic E-state index is 0.209. The lowest BCUT2D eigenvalue weighted by Gasteiger charge is -2.40. The summed E-state index contributed by atoms with van der Waals surface area (Å²) in [5.41, 5.74) is 7.86. The number of imide groups is 1. The fourth-order valence-corrected chi connectivity index (χ4v) is 3.56. The van der Waals surface area contributed by atoms with E-state index in [1.165, 1.54) is 6.20 Å². The normalized spacial score (nSPS) is 23.1. The van der Waals surface area contributed by atoms with Gasteiger partial charge in [0.15, 0.2) is 0 Å². The van der Waals surface area contributed by atoms with Gasteiger partial charge in [-0.05, 0) is 24.6 Å². The Hall–Kier alpha value is -2.96. The highest BCUT2D eigenvalue weighted by molar-refractivity contribution is 6.21. The zero-order chi connectivity index (χ0) is 17.6. The second-order valence-corrected chi connectivity index (χ2v) is 6.28. The lowest BCUT2D eigenvalue weighted by atomic mass is 10.0. The molecule has 4 rings (SSSR count). The fraction of sp³-hybridized carbons (Fsp3) is 0.278. The maximum Gasteiger partial charge on any atom is 0.261 e. The number of nitrogen functional groups attached to an aromatic ring is 1. The quantitative estimate of drug-likeness (QED) is 0.845. The van der Waals surface area contributed by atoms with Crippen molar-refractivity contribution in [2.45, 2.75) is 18.6 Å². The molecule has 2 amide bonds. The van der Waals surface area contributed by atoms with E-state index >= 15 is 0 Å². The Labute approximate surface area is 144 Å². The maximum absolute atomic E-state index is 14.6. The number of anilines is 2. The van der Waals surface area contributed by atoms with Gasteiger partial charge in [-0.25, -0.2) is 4.39 Å². The average Bonchev–Trinajstić information content (AvgIpc) is 2.88. The Morgan fingerprint density at radius 3 is 2.44 bits per heavy atom. The standard InChI is InChI=1S/C18H17FN4O2/c19-13-6-8-22(15-5-7-21-9-14(15)20)10-16(13)23-17(24)11-3-1-2-4-12(11)18(23)25/h1-5,7,9,13,16H,6,8,10,20H2. The number of pyridine rings is 1. The molecule has 3 heterocycles. The molecule has 1 aromatic heterocycles. The Bertz CT molecular complexity index is 821. The smallest absolute Gasteiger partial charge is 0.261 e. The third-order valence-electron chi connectivity index (χ3n) is 4.83. The molecule has 0 radical (unpaired) electrons. The summed E-state index contributed by atoms with van der Waals surface area (Å²) in [4.78, 5) is 32.2. The van der Waals surface area contributed by atoms with Gasteiger partial charge in [-0.1, -0.05) is 12.1 Å². The van der Waals surface area contributed by atoms with Crippen molar-refractivity contribution in [1.29, 1.82) is 0 Å². The molecule has 25 heavy (non-hydrogen) atoms. The number of amides is 2. The molecule has 7 heteroatoms. The minimum Gasteiger partial charge on any atom is -0.396 e. The van der Waals surface area contributed by atoms with Crippen LogP contribution in [0, 0.1) is 0 Å². The molecule has 2 aromatic rings. The number of carbonyl (C=O) groups excluding carboxylic acids is 2. The van der Waals surface area contributed by atoms with E-state index in [9.17, 15) is 14.0 Å². The lowest BCUT2D eigenvalue weighted by molar-refractivity contribution is 0.0463. The molecule has 2 aliphatic heterocycles. The number of halogens is 1. The lowest BCUT2D eigenvalue weighted by Crippen LogP contribution is -2.56. The fourth-order valence-electron chi connectivity index (χ4n) is 3.56. The van der Waals surface area contributed by atoms with E-state index in [-0.39, 0.29) is 13.0 Å². The van der Waals surface area contributed by atoms with Gasteiger partial charge >= 0.3 is 0 Å². The number of nitrogens with two attached hydrogens (primary N) is 1. The number of hydrogen-bond donors (Lipinski definition) is 1. The molecule has 2 aliphatic rings. The van der Waals surface area contributed by atoms with E-state index in [1.54, 1.807) is 36.5 Å². The van der Waals surface area contributed by atoms with Gasteiger partial charge in [-0.15, -0.1) is 0 Å². The van der Waals surface area contributed by atoms with Crippen LogP contribution in [-0.2, 0) is 0 Å². The van der Waals surface area contributed by atoms with Crippen LogP contribution in [0.3, 0.4) is 0 Å². The van der Waals surface area contributed by atoms with Crippen LogP contribution in [0.15, 0.2) is 42.7 Å². The molecule has 1 saturated heterocycles. The van der Waals surface area contributed by atoms with E-state index in [0.717, 1.165) is 10.6 Å². The first kappa shape index (κ1) is 15.6. The van der Waals surface area contributed by atoms with Crippen LogP contribution in [-0.4, -0.2) is 47.0 Å². The molecule has 0 bridgehead atoms. The number of alkyl halides is 1. The van der Waals surface area contributed by atoms with Crippen molar-refractivity contribution in [2.75, 3.05) is 23.7 Å². The molecule has 2 N–H and O–H groups in total. The third kappa shape index (κ3) is 2.43. The number of benzene rings is 1. The van der Waals surface area contributed by atoms with Gasteiger partial charge in [0.2, 0.25) is 0 Å². The molecule has 1 aromatic carbocycles. The second kappa shape index (κ2) is 5.84. The summed E-state index contributed by atoms with van der Waals surface area (Å²) >= 11 is 0. The van der Waals surface area contributed by atoms with Gasteiger partial charge in [0, 0.05) is 19.3 Å². The Kier molecular flexibility index (Phi) is 3.63. The predicted octanol–water partition coefficient (Wildman–Crippen LogP) is 1.88. The maximum atomic E-state index is 14.6. The van der Waals surface area contributed by atoms with Crippen LogP contribution < -0.4 is 10.6 Å². The van der Waals surface area contributed by atoms with Crippen molar-refractivity contribution in [2.24, 2.45) is 0 Å². The second-order valence-electron chi connectivity index (χ2n) is 6.28. The number of fused-ring (bicyclic) bond motifs is 1. The first-order valence-electron chi connectivity index (χ1n) is 8.13. The number of carbonyl (C=O) groups is 2. The minimum atomic E-state index is -1.26. The van der Waals surface area contributed by atoms with Gasteiger partial charge in [-0.3, -0.25) is 19.5 Å². The van der Waals surface area contributed by atoms with Crippen molar-refractivity contribution < 1.29 is 14.0 Å². The number of hydrogen-bond acceptors (Lipinski definition) is 5. The van der Waals surface area contributed by atoms with E-state index in [1.807, 2.05) is 4.90 Å². The third-order valence-corrected chi connectivity index (χ3v) is 4.83. The van der Waals surface area contributed by atoms with Gasteiger partial charge in [-0.2, -0.15) is 0 Å². The van der Waals surface area contributed by atoms with Crippen molar-refractivity contribution in [3.63, 3.8) is 0 Å². The number of piperidine rings is 1. The summed E-state index contributed by atoms with van der Waals surface area (Å²) in [6.45, 7) is 0.676. The topological polar surface area (TPSA) is 79.5 Å². The molecule has 2 atom stereocenters. The van der Waals surface area contributed by atoms with Crippen LogP contribution in [0.4, 0.5) is 15.8 Å². The molecule has 0 saturated carbocycles. The summed E-state index contributed by atoms with van der Waals surface area (Å²) in [7, 11) is 0. The van der Waals surface area contributed by atoms with E-state index in [2.05, 4.69) is 4.98 Å². The number of nitrogens with zero attached hydrogens (tertiary/aromatic N) is 3. The van der Waals surface area contributed by atoms with Crippen molar-refractivity contribution in [3.8, 4) is 0 Å². The summed E-state index contributed by atoms with van der Waals surface area (Å²) in [6.07, 6.45) is 2.11. The zero-order valence-electron chi connectivity index (χ0n) is 13.4.